The van der Waals surface area contributed by atoms with Crippen LogP contribution in [-0.4, -0.2) is 31.1 Å². The molecule has 0 aliphatic rings. The lowest BCUT2D eigenvalue weighted by molar-refractivity contribution is -0.303. The lowest BCUT2D eigenvalue weighted by Gasteiger charge is -2.38. The standard InChI is InChI=1S/C17H12F6N2O3S/c1-25(29(27,28)14-7-2-4-11(8-14)10-24)15(26,17(21,22)23)12-5-3-6-13(9-12)16(18,19)20/h2-9,26H,1H3. The molecule has 1 N–H and O–H groups in total. The zero-order valence-corrected chi connectivity index (χ0v) is 15.3. The lowest BCUT2D eigenvalue weighted by Crippen LogP contribution is -2.56. The molecule has 0 radical (unpaired) electrons. The maximum atomic E-state index is 13.8. The van der Waals surface area contributed by atoms with Gasteiger partial charge in [0.2, 0.25) is 10.0 Å². The zero-order chi connectivity index (χ0) is 22.3. The molecule has 0 amide bonds. The van der Waals surface area contributed by atoms with Crippen LogP contribution >= 0.6 is 0 Å². The first kappa shape index (κ1) is 22.7. The maximum absolute atomic E-state index is 13.8. The summed E-state index contributed by atoms with van der Waals surface area (Å²) in [7, 11) is -4.70. The second kappa shape index (κ2) is 7.33. The van der Waals surface area contributed by atoms with Crippen LogP contribution in [0.4, 0.5) is 26.3 Å². The molecule has 2 rings (SSSR count). The molecular formula is C17H12F6N2O3S. The molecule has 0 heterocycles. The van der Waals surface area contributed by atoms with Crippen LogP contribution in [-0.2, 0) is 21.9 Å². The highest BCUT2D eigenvalue weighted by Crippen LogP contribution is 2.44. The van der Waals surface area contributed by atoms with Gasteiger partial charge in [0, 0.05) is 12.6 Å². The van der Waals surface area contributed by atoms with Crippen molar-refractivity contribution in [2.75, 3.05) is 7.05 Å². The van der Waals surface area contributed by atoms with Crippen molar-refractivity contribution < 1.29 is 39.9 Å². The summed E-state index contributed by atoms with van der Waals surface area (Å²) in [4.78, 5) is -0.756. The van der Waals surface area contributed by atoms with E-state index in [-0.39, 0.29) is 11.6 Å². The molecule has 0 spiro atoms. The van der Waals surface area contributed by atoms with Crippen molar-refractivity contribution in [1.29, 1.82) is 5.26 Å². The lowest BCUT2D eigenvalue weighted by atomic mass is 9.99. The van der Waals surface area contributed by atoms with E-state index in [1.165, 1.54) is 6.07 Å². The summed E-state index contributed by atoms with van der Waals surface area (Å²) in [5.41, 5.74) is -7.35. The molecule has 1 unspecified atom stereocenters. The van der Waals surface area contributed by atoms with E-state index in [1.807, 2.05) is 0 Å². The van der Waals surface area contributed by atoms with Crippen molar-refractivity contribution in [2.45, 2.75) is 23.0 Å². The largest absolute Gasteiger partial charge is 0.436 e. The van der Waals surface area contributed by atoms with E-state index in [0.717, 1.165) is 18.2 Å². The number of halogens is 6. The Labute approximate surface area is 161 Å². The Bertz CT molecular complexity index is 1060. The van der Waals surface area contributed by atoms with Crippen LogP contribution in [0.1, 0.15) is 16.7 Å². The van der Waals surface area contributed by atoms with Gasteiger partial charge in [0.1, 0.15) is 0 Å². The molecule has 0 aliphatic carbocycles. The summed E-state index contributed by atoms with van der Waals surface area (Å²) in [6.45, 7) is 0. The third-order valence-corrected chi connectivity index (χ3v) is 5.90. The Balaban J connectivity index is 2.71. The number of hydrogen-bond acceptors (Lipinski definition) is 4. The first-order chi connectivity index (χ1) is 13.2. The third-order valence-electron chi connectivity index (χ3n) is 4.06. The van der Waals surface area contributed by atoms with Crippen molar-refractivity contribution in [3.63, 3.8) is 0 Å². The number of alkyl halides is 6. The molecule has 0 bridgehead atoms. The Morgan fingerprint density at radius 2 is 1.52 bits per heavy atom. The van der Waals surface area contributed by atoms with Crippen LogP contribution in [0.15, 0.2) is 53.4 Å². The summed E-state index contributed by atoms with van der Waals surface area (Å²) >= 11 is 0. The Hall–Kier alpha value is -2.62. The van der Waals surface area contributed by atoms with Crippen molar-refractivity contribution in [3.8, 4) is 6.07 Å². The fourth-order valence-corrected chi connectivity index (χ4v) is 3.89. The predicted molar refractivity (Wildman–Crippen MR) is 87.5 cm³/mol. The van der Waals surface area contributed by atoms with E-state index in [0.29, 0.717) is 25.2 Å². The Kier molecular flexibility index (Phi) is 5.73. The van der Waals surface area contributed by atoms with Crippen molar-refractivity contribution >= 4 is 10.0 Å². The zero-order valence-electron chi connectivity index (χ0n) is 14.5. The van der Waals surface area contributed by atoms with Gasteiger partial charge in [-0.25, -0.2) is 8.42 Å². The maximum Gasteiger partial charge on any atom is 0.436 e. The predicted octanol–water partition coefficient (Wildman–Crippen LogP) is 3.61. The van der Waals surface area contributed by atoms with Crippen LogP contribution < -0.4 is 0 Å². The van der Waals surface area contributed by atoms with Gasteiger partial charge in [-0.15, -0.1) is 0 Å². The van der Waals surface area contributed by atoms with Gasteiger partial charge in [-0.2, -0.15) is 35.9 Å². The van der Waals surface area contributed by atoms with E-state index in [4.69, 9.17) is 5.26 Å². The fraction of sp³-hybridized carbons (Fsp3) is 0.235. The van der Waals surface area contributed by atoms with E-state index >= 15 is 0 Å². The minimum absolute atomic E-state index is 0.0191. The van der Waals surface area contributed by atoms with Gasteiger partial charge in [-0.05, 0) is 30.3 Å². The van der Waals surface area contributed by atoms with Crippen LogP contribution in [0.5, 0.6) is 0 Å². The topological polar surface area (TPSA) is 81.4 Å². The molecule has 0 fully saturated rings. The number of rotatable bonds is 4. The quantitative estimate of drug-likeness (QED) is 0.584. The summed E-state index contributed by atoms with van der Waals surface area (Å²) < 4.78 is 105. The van der Waals surface area contributed by atoms with Gasteiger partial charge >= 0.3 is 12.4 Å². The van der Waals surface area contributed by atoms with E-state index in [2.05, 4.69) is 0 Å². The van der Waals surface area contributed by atoms with E-state index < -0.39 is 48.4 Å². The number of benzene rings is 2. The number of nitriles is 1. The highest BCUT2D eigenvalue weighted by molar-refractivity contribution is 7.89. The van der Waals surface area contributed by atoms with Gasteiger partial charge in [-0.3, -0.25) is 0 Å². The van der Waals surface area contributed by atoms with Gasteiger partial charge in [0.05, 0.1) is 22.1 Å². The molecule has 1 atom stereocenters. The van der Waals surface area contributed by atoms with Crippen LogP contribution in [0.2, 0.25) is 0 Å². The molecule has 5 nitrogen and oxygen atoms in total. The van der Waals surface area contributed by atoms with Crippen molar-refractivity contribution in [1.82, 2.24) is 4.31 Å². The van der Waals surface area contributed by atoms with E-state index in [9.17, 15) is 39.9 Å². The summed E-state index contributed by atoms with van der Waals surface area (Å²) in [6.07, 6.45) is -10.7. The monoisotopic (exact) mass is 438 g/mol. The molecule has 156 valence electrons. The molecule has 12 heteroatoms. The van der Waals surface area contributed by atoms with E-state index in [1.54, 1.807) is 6.07 Å². The molecular weight excluding hydrogens is 426 g/mol. The SMILES string of the molecule is CN(C(O)(c1cccc(C(F)(F)F)c1)C(F)(F)F)S(=O)(=O)c1cccc(C#N)c1. The Morgan fingerprint density at radius 3 is 2.03 bits per heavy atom. The van der Waals surface area contributed by atoms with Gasteiger partial charge in [0.25, 0.3) is 5.72 Å². The van der Waals surface area contributed by atoms with Crippen molar-refractivity contribution in [3.05, 3.63) is 65.2 Å². The molecule has 0 saturated carbocycles. The molecule has 0 aromatic heterocycles. The number of aliphatic hydroxyl groups is 1. The van der Waals surface area contributed by atoms with Crippen LogP contribution in [0.3, 0.4) is 0 Å². The highest BCUT2D eigenvalue weighted by atomic mass is 32.2. The molecule has 2 aromatic rings. The van der Waals surface area contributed by atoms with Gasteiger partial charge < -0.3 is 5.11 Å². The molecule has 0 saturated heterocycles. The minimum atomic E-state index is -5.70. The average Bonchev–Trinajstić information content (AvgIpc) is 2.65. The number of nitrogens with zero attached hydrogens (tertiary/aromatic N) is 2. The molecule has 0 aliphatic heterocycles. The van der Waals surface area contributed by atoms with Crippen LogP contribution in [0.25, 0.3) is 0 Å². The second-order valence-electron chi connectivity index (χ2n) is 5.86. The van der Waals surface area contributed by atoms with Gasteiger partial charge in [0.15, 0.2) is 0 Å². The van der Waals surface area contributed by atoms with Crippen LogP contribution in [0, 0.1) is 11.3 Å². The summed E-state index contributed by atoms with van der Waals surface area (Å²) in [5.74, 6) is 0. The minimum Gasteiger partial charge on any atom is -0.363 e. The number of sulfonamides is 1. The smallest absolute Gasteiger partial charge is 0.363 e. The molecule has 29 heavy (non-hydrogen) atoms. The summed E-state index contributed by atoms with van der Waals surface area (Å²) in [6, 6.07) is 7.20. The van der Waals surface area contributed by atoms with Gasteiger partial charge in [-0.1, -0.05) is 18.2 Å². The highest BCUT2D eigenvalue weighted by Gasteiger charge is 2.61. The van der Waals surface area contributed by atoms with Crippen molar-refractivity contribution in [2.24, 2.45) is 0 Å². The first-order valence-electron chi connectivity index (χ1n) is 7.61. The normalized spacial score (nSPS) is 15.0. The average molecular weight is 438 g/mol. The molecule has 2 aromatic carbocycles. The first-order valence-corrected chi connectivity index (χ1v) is 9.05. The second-order valence-corrected chi connectivity index (χ2v) is 7.83. The number of hydrogen-bond donors (Lipinski definition) is 1. The third kappa shape index (κ3) is 4.07. The summed E-state index contributed by atoms with van der Waals surface area (Å²) in [5, 5.41) is 19.2. The Morgan fingerprint density at radius 1 is 0.966 bits per heavy atom. The fourth-order valence-electron chi connectivity index (χ4n) is 2.49.